The van der Waals surface area contributed by atoms with Crippen LogP contribution in [-0.4, -0.2) is 25.9 Å². The number of hydrogen-bond acceptors (Lipinski definition) is 4. The second kappa shape index (κ2) is 6.07. The first kappa shape index (κ1) is 16.0. The number of benzene rings is 1. The lowest BCUT2D eigenvalue weighted by Gasteiger charge is -2.10. The molecular formula is C17H13ClF2N4O. The zero-order chi connectivity index (χ0) is 17.6. The minimum atomic E-state index is -0.708. The molecule has 5 nitrogen and oxygen atoms in total. The first-order valence-electron chi connectivity index (χ1n) is 7.71. The second-order valence-corrected chi connectivity index (χ2v) is 6.26. The maximum Gasteiger partial charge on any atom is 0.224 e. The Morgan fingerprint density at radius 3 is 2.52 bits per heavy atom. The highest BCUT2D eigenvalue weighted by atomic mass is 35.5. The first-order chi connectivity index (χ1) is 12.0. The van der Waals surface area contributed by atoms with Crippen LogP contribution in [0.1, 0.15) is 12.8 Å². The summed E-state index contributed by atoms with van der Waals surface area (Å²) in [4.78, 5) is 4.21. The Morgan fingerprint density at radius 2 is 1.84 bits per heavy atom. The molecule has 1 saturated carbocycles. The minimum Gasteiger partial charge on any atom is -0.474 e. The van der Waals surface area contributed by atoms with E-state index in [0.29, 0.717) is 22.3 Å². The fraction of sp³-hybridized carbons (Fsp3) is 0.235. The molecule has 1 aliphatic rings. The summed E-state index contributed by atoms with van der Waals surface area (Å²) in [5.74, 6) is -0.601. The minimum absolute atomic E-state index is 0.0722. The smallest absolute Gasteiger partial charge is 0.224 e. The van der Waals surface area contributed by atoms with E-state index in [2.05, 4.69) is 15.2 Å². The molecule has 0 amide bonds. The van der Waals surface area contributed by atoms with E-state index in [1.165, 1.54) is 29.0 Å². The van der Waals surface area contributed by atoms with Gasteiger partial charge in [-0.25, -0.2) is 13.8 Å². The van der Waals surface area contributed by atoms with E-state index in [1.54, 1.807) is 13.1 Å². The van der Waals surface area contributed by atoms with E-state index < -0.39 is 11.6 Å². The fourth-order valence-electron chi connectivity index (χ4n) is 2.52. The van der Waals surface area contributed by atoms with E-state index in [-0.39, 0.29) is 17.5 Å². The Kier molecular flexibility index (Phi) is 3.88. The van der Waals surface area contributed by atoms with Crippen molar-refractivity contribution in [2.24, 2.45) is 7.05 Å². The van der Waals surface area contributed by atoms with Crippen LogP contribution < -0.4 is 4.74 Å². The third-order valence-electron chi connectivity index (χ3n) is 3.92. The molecule has 0 saturated heterocycles. The maximum atomic E-state index is 14.1. The third-order valence-corrected chi connectivity index (χ3v) is 4.13. The van der Waals surface area contributed by atoms with Crippen LogP contribution in [-0.2, 0) is 7.05 Å². The molecule has 2 heterocycles. The number of ether oxygens (including phenoxy) is 1. The van der Waals surface area contributed by atoms with Gasteiger partial charge in [0.15, 0.2) is 11.6 Å². The van der Waals surface area contributed by atoms with Gasteiger partial charge in [-0.05, 0) is 31.0 Å². The predicted octanol–water partition coefficient (Wildman–Crippen LogP) is 4.02. The van der Waals surface area contributed by atoms with Crippen LogP contribution in [0.15, 0.2) is 30.5 Å². The number of pyridine rings is 1. The number of nitrogens with zero attached hydrogens (tertiary/aromatic N) is 4. The van der Waals surface area contributed by atoms with Gasteiger partial charge in [-0.15, -0.1) is 10.2 Å². The van der Waals surface area contributed by atoms with Gasteiger partial charge in [0.1, 0.15) is 17.7 Å². The lowest BCUT2D eigenvalue weighted by atomic mass is 10.2. The molecule has 0 spiro atoms. The van der Waals surface area contributed by atoms with Crippen LogP contribution in [0.25, 0.3) is 22.8 Å². The summed E-state index contributed by atoms with van der Waals surface area (Å²) >= 11 is 6.05. The van der Waals surface area contributed by atoms with Crippen LogP contribution >= 0.6 is 11.6 Å². The van der Waals surface area contributed by atoms with Crippen molar-refractivity contribution in [3.05, 3.63) is 47.1 Å². The molecule has 4 rings (SSSR count). The van der Waals surface area contributed by atoms with Crippen molar-refractivity contribution in [2.45, 2.75) is 18.9 Å². The van der Waals surface area contributed by atoms with Gasteiger partial charge in [0, 0.05) is 13.2 Å². The topological polar surface area (TPSA) is 52.8 Å². The molecule has 0 atom stereocenters. The molecule has 2 aromatic heterocycles. The van der Waals surface area contributed by atoms with E-state index in [1.807, 2.05) is 0 Å². The SMILES string of the molecule is Cn1c(-c2cc(Cl)cnc2OC2CC2)nnc1-c1c(F)cccc1F. The Morgan fingerprint density at radius 1 is 1.16 bits per heavy atom. The zero-order valence-corrected chi connectivity index (χ0v) is 14.0. The lowest BCUT2D eigenvalue weighted by molar-refractivity contribution is 0.292. The van der Waals surface area contributed by atoms with E-state index in [0.717, 1.165) is 12.8 Å². The Bertz CT molecular complexity index is 936. The average molecular weight is 363 g/mol. The Labute approximate surface area is 147 Å². The molecule has 0 aliphatic heterocycles. The molecule has 8 heteroatoms. The standard InChI is InChI=1S/C17H13ClF2N4O/c1-24-15(11-7-9(18)8-21-17(11)25-10-5-6-10)22-23-16(24)14-12(19)3-2-4-13(14)20/h2-4,7-8,10H,5-6H2,1H3. The molecule has 1 aromatic carbocycles. The van der Waals surface area contributed by atoms with Gasteiger partial charge < -0.3 is 9.30 Å². The second-order valence-electron chi connectivity index (χ2n) is 5.83. The summed E-state index contributed by atoms with van der Waals surface area (Å²) in [5, 5.41) is 8.43. The molecule has 0 bridgehead atoms. The molecule has 0 radical (unpaired) electrons. The van der Waals surface area contributed by atoms with Crippen LogP contribution in [0.5, 0.6) is 5.88 Å². The monoisotopic (exact) mass is 362 g/mol. The zero-order valence-electron chi connectivity index (χ0n) is 13.2. The van der Waals surface area contributed by atoms with Crippen molar-refractivity contribution in [3.8, 4) is 28.7 Å². The van der Waals surface area contributed by atoms with Crippen molar-refractivity contribution in [1.82, 2.24) is 19.7 Å². The summed E-state index contributed by atoms with van der Waals surface area (Å²) < 4.78 is 35.4. The number of rotatable bonds is 4. The first-order valence-corrected chi connectivity index (χ1v) is 8.08. The molecule has 0 N–H and O–H groups in total. The van der Waals surface area contributed by atoms with Crippen LogP contribution in [0.3, 0.4) is 0 Å². The largest absolute Gasteiger partial charge is 0.474 e. The third kappa shape index (κ3) is 2.95. The average Bonchev–Trinajstić information content (AvgIpc) is 3.32. The summed E-state index contributed by atoms with van der Waals surface area (Å²) in [6.45, 7) is 0. The van der Waals surface area contributed by atoms with E-state index in [9.17, 15) is 8.78 Å². The normalized spacial score (nSPS) is 13.9. The van der Waals surface area contributed by atoms with Gasteiger partial charge in [-0.3, -0.25) is 0 Å². The molecule has 1 aliphatic carbocycles. The van der Waals surface area contributed by atoms with Crippen molar-refractivity contribution in [2.75, 3.05) is 0 Å². The maximum absolute atomic E-state index is 14.1. The predicted molar refractivity (Wildman–Crippen MR) is 88.2 cm³/mol. The van der Waals surface area contributed by atoms with Gasteiger partial charge in [0.25, 0.3) is 0 Å². The highest BCUT2D eigenvalue weighted by Gasteiger charge is 2.27. The molecule has 0 unspecified atom stereocenters. The van der Waals surface area contributed by atoms with Crippen molar-refractivity contribution in [1.29, 1.82) is 0 Å². The van der Waals surface area contributed by atoms with E-state index in [4.69, 9.17) is 16.3 Å². The van der Waals surface area contributed by atoms with Crippen molar-refractivity contribution < 1.29 is 13.5 Å². The highest BCUT2D eigenvalue weighted by Crippen LogP contribution is 2.35. The lowest BCUT2D eigenvalue weighted by Crippen LogP contribution is -2.03. The molecule has 3 aromatic rings. The van der Waals surface area contributed by atoms with Gasteiger partial charge in [0.2, 0.25) is 5.88 Å². The Balaban J connectivity index is 1.83. The van der Waals surface area contributed by atoms with Crippen LogP contribution in [0.2, 0.25) is 5.02 Å². The summed E-state index contributed by atoms with van der Waals surface area (Å²) in [7, 11) is 1.62. The van der Waals surface area contributed by atoms with E-state index >= 15 is 0 Å². The summed E-state index contributed by atoms with van der Waals surface area (Å²) in [6.07, 6.45) is 3.54. The van der Waals surface area contributed by atoms with Crippen LogP contribution in [0.4, 0.5) is 8.78 Å². The molecule has 128 valence electrons. The highest BCUT2D eigenvalue weighted by molar-refractivity contribution is 6.30. The molecule has 1 fully saturated rings. The van der Waals surface area contributed by atoms with Gasteiger partial charge in [-0.1, -0.05) is 17.7 Å². The van der Waals surface area contributed by atoms with Crippen molar-refractivity contribution >= 4 is 11.6 Å². The fourth-order valence-corrected chi connectivity index (χ4v) is 2.68. The van der Waals surface area contributed by atoms with Crippen molar-refractivity contribution in [3.63, 3.8) is 0 Å². The van der Waals surface area contributed by atoms with Gasteiger partial charge in [-0.2, -0.15) is 0 Å². The summed E-state index contributed by atoms with van der Waals surface area (Å²) in [5.41, 5.74) is 0.292. The quantitative estimate of drug-likeness (QED) is 0.703. The Hall–Kier alpha value is -2.54. The summed E-state index contributed by atoms with van der Waals surface area (Å²) in [6, 6.07) is 5.30. The molecule has 25 heavy (non-hydrogen) atoms. The number of hydrogen-bond donors (Lipinski definition) is 0. The van der Waals surface area contributed by atoms with Crippen LogP contribution in [0, 0.1) is 11.6 Å². The van der Waals surface area contributed by atoms with Gasteiger partial charge >= 0.3 is 0 Å². The number of aromatic nitrogens is 4. The molecular weight excluding hydrogens is 350 g/mol. The van der Waals surface area contributed by atoms with Gasteiger partial charge in [0.05, 0.1) is 16.1 Å². The number of halogens is 3.